The van der Waals surface area contributed by atoms with E-state index in [1.54, 1.807) is 17.9 Å². The molecule has 0 unspecified atom stereocenters. The molecule has 1 aromatic rings. The number of aromatic nitrogens is 2. The predicted molar refractivity (Wildman–Crippen MR) is 76.1 cm³/mol. The third-order valence-electron chi connectivity index (χ3n) is 3.29. The second-order valence-electron chi connectivity index (χ2n) is 4.32. The van der Waals surface area contributed by atoms with Crippen LogP contribution in [0.1, 0.15) is 23.3 Å². The van der Waals surface area contributed by atoms with Crippen LogP contribution in [0, 0.1) is 0 Å². The first-order valence-corrected chi connectivity index (χ1v) is 6.57. The van der Waals surface area contributed by atoms with Gasteiger partial charge in [0.15, 0.2) is 0 Å². The SMILES string of the molecule is CNC1CCN(C(=O)c2c(Br)cnn2C)CC1.Cl. The van der Waals surface area contributed by atoms with E-state index in [9.17, 15) is 4.79 Å². The zero-order chi connectivity index (χ0) is 12.4. The number of carbonyl (C=O) groups is 1. The summed E-state index contributed by atoms with van der Waals surface area (Å²) in [5.74, 6) is 0.0615. The van der Waals surface area contributed by atoms with Gasteiger partial charge in [0.1, 0.15) is 5.69 Å². The summed E-state index contributed by atoms with van der Waals surface area (Å²) in [6.45, 7) is 1.62. The summed E-state index contributed by atoms with van der Waals surface area (Å²) in [5, 5.41) is 7.33. The molecule has 0 radical (unpaired) electrons. The molecule has 1 fully saturated rings. The fourth-order valence-corrected chi connectivity index (χ4v) is 2.69. The van der Waals surface area contributed by atoms with E-state index in [2.05, 4.69) is 26.3 Å². The number of amides is 1. The number of hydrogen-bond donors (Lipinski definition) is 1. The molecule has 1 amide bonds. The molecule has 2 heterocycles. The highest BCUT2D eigenvalue weighted by Crippen LogP contribution is 2.19. The Hall–Kier alpha value is -0.590. The van der Waals surface area contributed by atoms with Crippen molar-refractivity contribution >= 4 is 34.2 Å². The highest BCUT2D eigenvalue weighted by Gasteiger charge is 2.26. The Morgan fingerprint density at radius 2 is 2.11 bits per heavy atom. The molecule has 7 heteroatoms. The molecule has 0 aromatic carbocycles. The summed E-state index contributed by atoms with van der Waals surface area (Å²) in [6, 6.07) is 0.536. The van der Waals surface area contributed by atoms with Crippen LogP contribution in [0.5, 0.6) is 0 Å². The fraction of sp³-hybridized carbons (Fsp3) is 0.636. The highest BCUT2D eigenvalue weighted by atomic mass is 79.9. The molecule has 0 saturated carbocycles. The van der Waals surface area contributed by atoms with Crippen molar-refractivity contribution in [1.29, 1.82) is 0 Å². The van der Waals surface area contributed by atoms with Crippen LogP contribution in [0.2, 0.25) is 0 Å². The molecule has 18 heavy (non-hydrogen) atoms. The lowest BCUT2D eigenvalue weighted by Gasteiger charge is -2.31. The van der Waals surface area contributed by atoms with E-state index in [0.717, 1.165) is 30.4 Å². The lowest BCUT2D eigenvalue weighted by atomic mass is 10.1. The molecule has 0 atom stereocenters. The molecule has 0 aliphatic carbocycles. The molecule has 1 N–H and O–H groups in total. The number of aryl methyl sites for hydroxylation is 1. The summed E-state index contributed by atoms with van der Waals surface area (Å²) in [7, 11) is 3.76. The molecule has 1 saturated heterocycles. The molecular formula is C11H18BrClN4O. The van der Waals surface area contributed by atoms with Crippen molar-refractivity contribution in [3.05, 3.63) is 16.4 Å². The zero-order valence-corrected chi connectivity index (χ0v) is 12.9. The van der Waals surface area contributed by atoms with Gasteiger partial charge in [-0.2, -0.15) is 5.10 Å². The topological polar surface area (TPSA) is 50.2 Å². The van der Waals surface area contributed by atoms with Gasteiger partial charge >= 0.3 is 0 Å². The van der Waals surface area contributed by atoms with E-state index in [1.165, 1.54) is 0 Å². The van der Waals surface area contributed by atoms with Gasteiger partial charge in [-0.15, -0.1) is 12.4 Å². The van der Waals surface area contributed by atoms with Crippen molar-refractivity contribution < 1.29 is 4.79 Å². The van der Waals surface area contributed by atoms with Gasteiger partial charge in [-0.05, 0) is 35.8 Å². The fourth-order valence-electron chi connectivity index (χ4n) is 2.17. The smallest absolute Gasteiger partial charge is 0.273 e. The second-order valence-corrected chi connectivity index (χ2v) is 5.17. The second kappa shape index (κ2) is 6.54. The minimum Gasteiger partial charge on any atom is -0.337 e. The zero-order valence-electron chi connectivity index (χ0n) is 10.5. The van der Waals surface area contributed by atoms with E-state index in [0.29, 0.717) is 11.7 Å². The van der Waals surface area contributed by atoms with Gasteiger partial charge in [0.2, 0.25) is 0 Å². The largest absolute Gasteiger partial charge is 0.337 e. The van der Waals surface area contributed by atoms with E-state index < -0.39 is 0 Å². The number of nitrogens with one attached hydrogen (secondary N) is 1. The molecule has 1 aliphatic heterocycles. The molecule has 0 bridgehead atoms. The third-order valence-corrected chi connectivity index (χ3v) is 3.87. The average Bonchev–Trinajstić information content (AvgIpc) is 2.68. The van der Waals surface area contributed by atoms with Gasteiger partial charge in [0.05, 0.1) is 10.7 Å². The molecule has 102 valence electrons. The van der Waals surface area contributed by atoms with E-state index >= 15 is 0 Å². The lowest BCUT2D eigenvalue weighted by molar-refractivity contribution is 0.0695. The number of likely N-dealkylation sites (tertiary alicyclic amines) is 1. The minimum atomic E-state index is 0. The summed E-state index contributed by atoms with van der Waals surface area (Å²) in [5.41, 5.74) is 0.632. The number of piperidine rings is 1. The Labute approximate surface area is 121 Å². The van der Waals surface area contributed by atoms with Crippen molar-refractivity contribution in [2.45, 2.75) is 18.9 Å². The number of carbonyl (C=O) groups excluding carboxylic acids is 1. The maximum Gasteiger partial charge on any atom is 0.273 e. The van der Waals surface area contributed by atoms with E-state index in [4.69, 9.17) is 0 Å². The van der Waals surface area contributed by atoms with Crippen LogP contribution < -0.4 is 5.32 Å². The lowest BCUT2D eigenvalue weighted by Crippen LogP contribution is -2.44. The normalized spacial score (nSPS) is 16.5. The van der Waals surface area contributed by atoms with Crippen LogP contribution in [0.4, 0.5) is 0 Å². The number of halogens is 2. The molecule has 0 spiro atoms. The number of hydrogen-bond acceptors (Lipinski definition) is 3. The summed E-state index contributed by atoms with van der Waals surface area (Å²) >= 11 is 3.37. The van der Waals surface area contributed by atoms with Crippen LogP contribution in [0.15, 0.2) is 10.7 Å². The molecular weight excluding hydrogens is 320 g/mol. The minimum absolute atomic E-state index is 0. The highest BCUT2D eigenvalue weighted by molar-refractivity contribution is 9.10. The van der Waals surface area contributed by atoms with Crippen LogP contribution in [-0.4, -0.2) is 46.8 Å². The third kappa shape index (κ3) is 3.05. The Balaban J connectivity index is 0.00000162. The first kappa shape index (κ1) is 15.5. The Bertz CT molecular complexity index is 396. The average molecular weight is 338 g/mol. The maximum absolute atomic E-state index is 12.3. The van der Waals surface area contributed by atoms with Gasteiger partial charge < -0.3 is 10.2 Å². The standard InChI is InChI=1S/C11H17BrN4O.ClH/c1-13-8-3-5-16(6-4-8)11(17)10-9(12)7-14-15(10)2;/h7-8,13H,3-6H2,1-2H3;1H. The Kier molecular flexibility index (Phi) is 5.62. The first-order chi connectivity index (χ1) is 8.13. The van der Waals surface area contributed by atoms with Gasteiger partial charge in [0, 0.05) is 26.2 Å². The Morgan fingerprint density at radius 1 is 1.50 bits per heavy atom. The van der Waals surface area contributed by atoms with E-state index in [-0.39, 0.29) is 18.3 Å². The quantitative estimate of drug-likeness (QED) is 0.888. The summed E-state index contributed by atoms with van der Waals surface area (Å²) in [4.78, 5) is 14.2. The number of rotatable bonds is 2. The van der Waals surface area contributed by atoms with Crippen LogP contribution in [0.25, 0.3) is 0 Å². The molecule has 2 rings (SSSR count). The molecule has 1 aromatic heterocycles. The summed E-state index contributed by atoms with van der Waals surface area (Å²) in [6.07, 6.45) is 3.68. The van der Waals surface area contributed by atoms with Crippen LogP contribution in [0.3, 0.4) is 0 Å². The van der Waals surface area contributed by atoms with Crippen LogP contribution >= 0.6 is 28.3 Å². The molecule has 1 aliphatic rings. The maximum atomic E-state index is 12.3. The summed E-state index contributed by atoms with van der Waals surface area (Å²) < 4.78 is 2.39. The van der Waals surface area contributed by atoms with Crippen molar-refractivity contribution in [3.8, 4) is 0 Å². The van der Waals surface area contributed by atoms with E-state index in [1.807, 2.05) is 11.9 Å². The van der Waals surface area contributed by atoms with Gasteiger partial charge in [-0.1, -0.05) is 0 Å². The first-order valence-electron chi connectivity index (χ1n) is 5.77. The van der Waals surface area contributed by atoms with Gasteiger partial charge in [-0.3, -0.25) is 9.48 Å². The predicted octanol–water partition coefficient (Wildman–Crippen LogP) is 1.43. The van der Waals surface area contributed by atoms with Crippen molar-refractivity contribution in [2.75, 3.05) is 20.1 Å². The van der Waals surface area contributed by atoms with Crippen molar-refractivity contribution in [2.24, 2.45) is 7.05 Å². The van der Waals surface area contributed by atoms with Crippen molar-refractivity contribution in [1.82, 2.24) is 20.0 Å². The Morgan fingerprint density at radius 3 is 2.56 bits per heavy atom. The monoisotopic (exact) mass is 336 g/mol. The van der Waals surface area contributed by atoms with Crippen molar-refractivity contribution in [3.63, 3.8) is 0 Å². The number of nitrogens with zero attached hydrogens (tertiary/aromatic N) is 3. The molecule has 5 nitrogen and oxygen atoms in total. The van der Waals surface area contributed by atoms with Gasteiger partial charge in [0.25, 0.3) is 5.91 Å². The van der Waals surface area contributed by atoms with Crippen LogP contribution in [-0.2, 0) is 7.05 Å². The van der Waals surface area contributed by atoms with Gasteiger partial charge in [-0.25, -0.2) is 0 Å².